The molecule has 0 bridgehead atoms. The van der Waals surface area contributed by atoms with Crippen molar-refractivity contribution in [1.29, 1.82) is 0 Å². The van der Waals surface area contributed by atoms with E-state index in [0.717, 1.165) is 16.8 Å². The molecule has 1 atom stereocenters. The molecule has 2 aromatic rings. The minimum Gasteiger partial charge on any atom is -0.305 e. The number of hydrogen-bond donors (Lipinski definition) is 1. The fraction of sp³-hybridized carbons (Fsp3) is 0.312. The number of nitrogens with zero attached hydrogens (tertiary/aromatic N) is 1. The molecular weight excluding hydrogens is 239 g/mol. The monoisotopic (exact) mass is 258 g/mol. The van der Waals surface area contributed by atoms with Gasteiger partial charge in [-0.3, -0.25) is 4.98 Å². The summed E-state index contributed by atoms with van der Waals surface area (Å²) < 4.78 is 13.5. The molecule has 1 heterocycles. The lowest BCUT2D eigenvalue weighted by atomic mass is 10.1. The Kier molecular flexibility index (Phi) is 4.27. The summed E-state index contributed by atoms with van der Waals surface area (Å²) in [5, 5.41) is 3.37. The van der Waals surface area contributed by atoms with Gasteiger partial charge < -0.3 is 5.32 Å². The third-order valence-electron chi connectivity index (χ3n) is 3.39. The van der Waals surface area contributed by atoms with Crippen LogP contribution in [0, 0.1) is 19.7 Å². The third kappa shape index (κ3) is 3.38. The molecule has 1 aromatic heterocycles. The highest BCUT2D eigenvalue weighted by Crippen LogP contribution is 2.17. The lowest BCUT2D eigenvalue weighted by molar-refractivity contribution is 0.556. The lowest BCUT2D eigenvalue weighted by Gasteiger charge is -2.15. The van der Waals surface area contributed by atoms with E-state index in [4.69, 9.17) is 0 Å². The minimum absolute atomic E-state index is 0.0940. The van der Waals surface area contributed by atoms with Gasteiger partial charge >= 0.3 is 0 Å². The molecule has 0 aliphatic rings. The van der Waals surface area contributed by atoms with Gasteiger partial charge in [0.2, 0.25) is 0 Å². The Morgan fingerprint density at radius 2 is 2.00 bits per heavy atom. The summed E-state index contributed by atoms with van der Waals surface area (Å²) in [6.07, 6.45) is 1.79. The summed E-state index contributed by atoms with van der Waals surface area (Å²) in [7, 11) is 0. The molecule has 1 aromatic carbocycles. The van der Waals surface area contributed by atoms with Gasteiger partial charge in [-0.05, 0) is 49.6 Å². The molecule has 0 radical (unpaired) electrons. The predicted molar refractivity (Wildman–Crippen MR) is 75.4 cm³/mol. The molecule has 19 heavy (non-hydrogen) atoms. The zero-order valence-corrected chi connectivity index (χ0v) is 11.6. The molecule has 2 nitrogen and oxygen atoms in total. The molecule has 100 valence electrons. The van der Waals surface area contributed by atoms with Crippen molar-refractivity contribution in [2.45, 2.75) is 33.4 Å². The van der Waals surface area contributed by atoms with E-state index in [9.17, 15) is 4.39 Å². The van der Waals surface area contributed by atoms with E-state index in [0.29, 0.717) is 12.1 Å². The van der Waals surface area contributed by atoms with E-state index in [1.165, 1.54) is 0 Å². The number of benzene rings is 1. The number of nitrogens with one attached hydrogen (secondary N) is 1. The van der Waals surface area contributed by atoms with Gasteiger partial charge in [-0.25, -0.2) is 4.39 Å². The Balaban J connectivity index is 2.03. The standard InChI is InChI=1S/C16H19FN2/c1-11-6-7-14(9-15(11)17)13(3)19-10-16-12(2)5-4-8-18-16/h4-9,13,19H,10H2,1-3H3. The van der Waals surface area contributed by atoms with Crippen LogP contribution in [0.1, 0.15) is 35.3 Å². The van der Waals surface area contributed by atoms with E-state index in [1.807, 2.05) is 38.1 Å². The second-order valence-corrected chi connectivity index (χ2v) is 4.88. The van der Waals surface area contributed by atoms with Crippen molar-refractivity contribution < 1.29 is 4.39 Å². The first-order valence-corrected chi connectivity index (χ1v) is 6.48. The zero-order chi connectivity index (χ0) is 13.8. The maximum atomic E-state index is 13.5. The number of aromatic nitrogens is 1. The van der Waals surface area contributed by atoms with Crippen LogP contribution in [0.5, 0.6) is 0 Å². The molecular formula is C16H19FN2. The quantitative estimate of drug-likeness (QED) is 0.904. The van der Waals surface area contributed by atoms with Crippen molar-refractivity contribution in [2.75, 3.05) is 0 Å². The topological polar surface area (TPSA) is 24.9 Å². The van der Waals surface area contributed by atoms with Crippen LogP contribution >= 0.6 is 0 Å². The Labute approximate surface area is 113 Å². The van der Waals surface area contributed by atoms with Gasteiger partial charge in [0.25, 0.3) is 0 Å². The molecule has 0 saturated carbocycles. The number of hydrogen-bond acceptors (Lipinski definition) is 2. The van der Waals surface area contributed by atoms with Crippen LogP contribution in [-0.4, -0.2) is 4.98 Å². The fourth-order valence-electron chi connectivity index (χ4n) is 1.95. The molecule has 0 spiro atoms. The van der Waals surface area contributed by atoms with Crippen molar-refractivity contribution in [3.05, 3.63) is 64.7 Å². The number of rotatable bonds is 4. The van der Waals surface area contributed by atoms with Gasteiger partial charge in [-0.2, -0.15) is 0 Å². The average molecular weight is 258 g/mol. The SMILES string of the molecule is Cc1ccc(C(C)NCc2ncccc2C)cc1F. The summed E-state index contributed by atoms with van der Waals surface area (Å²) in [5.41, 5.74) is 3.83. The van der Waals surface area contributed by atoms with Crippen molar-refractivity contribution in [1.82, 2.24) is 10.3 Å². The highest BCUT2D eigenvalue weighted by molar-refractivity contribution is 5.25. The van der Waals surface area contributed by atoms with Gasteiger partial charge in [0.1, 0.15) is 5.82 Å². The normalized spacial score (nSPS) is 12.4. The van der Waals surface area contributed by atoms with Crippen LogP contribution in [-0.2, 0) is 6.54 Å². The van der Waals surface area contributed by atoms with E-state index < -0.39 is 0 Å². The molecule has 2 rings (SSSR count). The molecule has 1 N–H and O–H groups in total. The summed E-state index contributed by atoms with van der Waals surface area (Å²) in [6, 6.07) is 9.43. The highest BCUT2D eigenvalue weighted by atomic mass is 19.1. The van der Waals surface area contributed by atoms with E-state index in [2.05, 4.69) is 10.3 Å². The smallest absolute Gasteiger partial charge is 0.126 e. The first-order chi connectivity index (χ1) is 9.08. The Morgan fingerprint density at radius 1 is 1.21 bits per heavy atom. The van der Waals surface area contributed by atoms with Crippen LogP contribution in [0.2, 0.25) is 0 Å². The fourth-order valence-corrected chi connectivity index (χ4v) is 1.95. The van der Waals surface area contributed by atoms with Crippen molar-refractivity contribution in [3.8, 4) is 0 Å². The molecule has 0 aliphatic heterocycles. The first-order valence-electron chi connectivity index (χ1n) is 6.48. The van der Waals surface area contributed by atoms with Gasteiger partial charge in [-0.1, -0.05) is 18.2 Å². The largest absolute Gasteiger partial charge is 0.305 e. The van der Waals surface area contributed by atoms with E-state index in [1.54, 1.807) is 19.2 Å². The second kappa shape index (κ2) is 5.93. The van der Waals surface area contributed by atoms with E-state index >= 15 is 0 Å². The third-order valence-corrected chi connectivity index (χ3v) is 3.39. The van der Waals surface area contributed by atoms with E-state index in [-0.39, 0.29) is 11.9 Å². The molecule has 0 amide bonds. The summed E-state index contributed by atoms with van der Waals surface area (Å²) in [4.78, 5) is 4.34. The van der Waals surface area contributed by atoms with Crippen LogP contribution in [0.3, 0.4) is 0 Å². The first kappa shape index (κ1) is 13.7. The molecule has 3 heteroatoms. The van der Waals surface area contributed by atoms with Crippen LogP contribution in [0.4, 0.5) is 4.39 Å². The van der Waals surface area contributed by atoms with Gasteiger partial charge in [-0.15, -0.1) is 0 Å². The predicted octanol–water partition coefficient (Wildman–Crippen LogP) is 3.69. The lowest BCUT2D eigenvalue weighted by Crippen LogP contribution is -2.19. The summed E-state index contributed by atoms with van der Waals surface area (Å²) in [5.74, 6) is -0.153. The van der Waals surface area contributed by atoms with Crippen LogP contribution in [0.25, 0.3) is 0 Å². The van der Waals surface area contributed by atoms with Gasteiger partial charge in [0, 0.05) is 18.8 Å². The van der Waals surface area contributed by atoms with Crippen molar-refractivity contribution in [2.24, 2.45) is 0 Å². The summed E-state index contributed by atoms with van der Waals surface area (Å²) in [6.45, 7) is 6.53. The molecule has 0 saturated heterocycles. The minimum atomic E-state index is -0.153. The van der Waals surface area contributed by atoms with Crippen LogP contribution in [0.15, 0.2) is 36.5 Å². The maximum absolute atomic E-state index is 13.5. The molecule has 0 aliphatic carbocycles. The second-order valence-electron chi connectivity index (χ2n) is 4.88. The number of halogens is 1. The highest BCUT2D eigenvalue weighted by Gasteiger charge is 2.08. The van der Waals surface area contributed by atoms with Crippen LogP contribution < -0.4 is 5.32 Å². The number of pyridine rings is 1. The molecule has 1 unspecified atom stereocenters. The Bertz CT molecular complexity index is 566. The number of aryl methyl sites for hydroxylation is 2. The molecule has 0 fully saturated rings. The van der Waals surface area contributed by atoms with Gasteiger partial charge in [0.05, 0.1) is 5.69 Å². The zero-order valence-electron chi connectivity index (χ0n) is 11.6. The van der Waals surface area contributed by atoms with Crippen molar-refractivity contribution >= 4 is 0 Å². The van der Waals surface area contributed by atoms with Crippen molar-refractivity contribution in [3.63, 3.8) is 0 Å². The Hall–Kier alpha value is -1.74. The Morgan fingerprint density at radius 3 is 2.68 bits per heavy atom. The van der Waals surface area contributed by atoms with Gasteiger partial charge in [0.15, 0.2) is 0 Å². The maximum Gasteiger partial charge on any atom is 0.126 e. The summed E-state index contributed by atoms with van der Waals surface area (Å²) >= 11 is 0. The average Bonchev–Trinajstić information content (AvgIpc) is 2.40.